The first-order valence-electron chi connectivity index (χ1n) is 7.24. The molecule has 2 N–H and O–H groups in total. The third kappa shape index (κ3) is 4.06. The van der Waals surface area contributed by atoms with Gasteiger partial charge in [-0.2, -0.15) is 0 Å². The number of amides is 1. The lowest BCUT2D eigenvalue weighted by Gasteiger charge is -2.22. The fraction of sp³-hybridized carbons (Fsp3) is 0.533. The molecule has 2 saturated heterocycles. The quantitative estimate of drug-likeness (QED) is 0.866. The van der Waals surface area contributed by atoms with Gasteiger partial charge in [-0.1, -0.05) is 23.2 Å². The summed E-state index contributed by atoms with van der Waals surface area (Å²) in [5.74, 6) is -0.0397. The summed E-state index contributed by atoms with van der Waals surface area (Å²) in [5.41, 5.74) is 0.958. The van der Waals surface area contributed by atoms with Crippen LogP contribution in [0.1, 0.15) is 12.8 Å². The van der Waals surface area contributed by atoms with Crippen LogP contribution in [0.4, 0.5) is 5.69 Å². The number of nitrogens with one attached hydrogen (secondary N) is 2. The summed E-state index contributed by atoms with van der Waals surface area (Å²) in [4.78, 5) is 14.4. The van der Waals surface area contributed by atoms with Crippen LogP contribution in [0.25, 0.3) is 0 Å². The molecular weight excluding hydrogens is 345 g/mol. The highest BCUT2D eigenvalue weighted by molar-refractivity contribution is 6.35. The van der Waals surface area contributed by atoms with Crippen molar-refractivity contribution in [1.82, 2.24) is 10.2 Å². The van der Waals surface area contributed by atoms with E-state index in [1.165, 1.54) is 12.8 Å². The molecule has 0 bridgehead atoms. The molecule has 1 aromatic rings. The molecule has 0 aliphatic carbocycles. The summed E-state index contributed by atoms with van der Waals surface area (Å²) in [6.45, 7) is 4.56. The predicted octanol–water partition coefficient (Wildman–Crippen LogP) is 3.04. The number of rotatable bonds is 3. The van der Waals surface area contributed by atoms with Gasteiger partial charge in [-0.25, -0.2) is 0 Å². The second-order valence-corrected chi connectivity index (χ2v) is 6.90. The molecule has 22 heavy (non-hydrogen) atoms. The molecule has 1 amide bonds. The van der Waals surface area contributed by atoms with Crippen LogP contribution in [0.5, 0.6) is 0 Å². The van der Waals surface area contributed by atoms with E-state index >= 15 is 0 Å². The van der Waals surface area contributed by atoms with E-state index in [-0.39, 0.29) is 18.3 Å². The Kier molecular flexibility index (Phi) is 5.97. The molecule has 4 nitrogen and oxygen atoms in total. The zero-order valence-electron chi connectivity index (χ0n) is 12.2. The maximum Gasteiger partial charge on any atom is 0.238 e. The summed E-state index contributed by atoms with van der Waals surface area (Å²) in [6.07, 6.45) is 2.39. The molecule has 2 aliphatic rings. The van der Waals surface area contributed by atoms with Crippen LogP contribution in [-0.4, -0.2) is 43.5 Å². The van der Waals surface area contributed by atoms with Crippen molar-refractivity contribution in [3.63, 3.8) is 0 Å². The first-order valence-corrected chi connectivity index (χ1v) is 8.00. The number of carbonyl (C=O) groups excluding carboxylic acids is 1. The monoisotopic (exact) mass is 363 g/mol. The fourth-order valence-electron chi connectivity index (χ4n) is 3.29. The number of likely N-dealkylation sites (tertiary alicyclic amines) is 1. The molecule has 7 heteroatoms. The lowest BCUT2D eigenvalue weighted by molar-refractivity contribution is -0.117. The lowest BCUT2D eigenvalue weighted by Crippen LogP contribution is -2.34. The molecule has 0 aromatic heterocycles. The van der Waals surface area contributed by atoms with Crippen molar-refractivity contribution in [2.24, 2.45) is 5.41 Å². The van der Waals surface area contributed by atoms with Crippen molar-refractivity contribution in [1.29, 1.82) is 0 Å². The van der Waals surface area contributed by atoms with Gasteiger partial charge in [0.25, 0.3) is 0 Å². The number of hydrogen-bond acceptors (Lipinski definition) is 3. The van der Waals surface area contributed by atoms with Crippen LogP contribution in [-0.2, 0) is 4.79 Å². The molecule has 2 heterocycles. The van der Waals surface area contributed by atoms with Crippen LogP contribution in [0.2, 0.25) is 10.0 Å². The first kappa shape index (κ1) is 17.8. The van der Waals surface area contributed by atoms with E-state index in [4.69, 9.17) is 23.2 Å². The lowest BCUT2D eigenvalue weighted by atomic mass is 9.87. The van der Waals surface area contributed by atoms with Gasteiger partial charge in [-0.3, -0.25) is 9.69 Å². The fourth-order valence-corrected chi connectivity index (χ4v) is 3.63. The van der Waals surface area contributed by atoms with Crippen molar-refractivity contribution in [2.75, 3.05) is 38.0 Å². The second-order valence-electron chi connectivity index (χ2n) is 6.06. The third-order valence-electron chi connectivity index (χ3n) is 4.42. The maximum absolute atomic E-state index is 12.2. The normalized spacial score (nSPS) is 24.5. The number of halogens is 3. The number of hydrogen-bond donors (Lipinski definition) is 2. The summed E-state index contributed by atoms with van der Waals surface area (Å²) in [6, 6.07) is 5.07. The third-order valence-corrected chi connectivity index (χ3v) is 4.98. The van der Waals surface area contributed by atoms with Crippen molar-refractivity contribution < 1.29 is 4.79 Å². The molecule has 2 aliphatic heterocycles. The van der Waals surface area contributed by atoms with Crippen LogP contribution >= 0.6 is 35.6 Å². The minimum Gasteiger partial charge on any atom is -0.324 e. The Bertz CT molecular complexity index is 547. The Balaban J connectivity index is 0.00000176. The summed E-state index contributed by atoms with van der Waals surface area (Å²) >= 11 is 12.0. The van der Waals surface area contributed by atoms with Gasteiger partial charge in [-0.05, 0) is 49.5 Å². The minimum absolute atomic E-state index is 0. The molecule has 0 saturated carbocycles. The molecule has 0 radical (unpaired) electrons. The number of carbonyl (C=O) groups is 1. The molecule has 2 fully saturated rings. The van der Waals surface area contributed by atoms with Crippen molar-refractivity contribution in [3.8, 4) is 0 Å². The van der Waals surface area contributed by atoms with Crippen molar-refractivity contribution in [2.45, 2.75) is 12.8 Å². The Labute approximate surface area is 146 Å². The average Bonchev–Trinajstić information content (AvgIpc) is 3.05. The average molecular weight is 365 g/mol. The van der Waals surface area contributed by atoms with E-state index in [1.54, 1.807) is 18.2 Å². The van der Waals surface area contributed by atoms with Gasteiger partial charge < -0.3 is 10.6 Å². The Morgan fingerprint density at radius 3 is 2.91 bits per heavy atom. The van der Waals surface area contributed by atoms with E-state index < -0.39 is 0 Å². The standard InChI is InChI=1S/C15H19Cl2N3O.ClH/c16-11-1-2-12(17)13(7-11)19-14(21)8-20-6-4-15(10-20)3-5-18-9-15;/h1-2,7,18H,3-6,8-10H2,(H,19,21);1H. The highest BCUT2D eigenvalue weighted by Gasteiger charge is 2.40. The smallest absolute Gasteiger partial charge is 0.238 e. The van der Waals surface area contributed by atoms with Crippen LogP contribution in [0, 0.1) is 5.41 Å². The SMILES string of the molecule is Cl.O=C(CN1CCC2(CCNC2)C1)Nc1cc(Cl)ccc1Cl. The zero-order valence-corrected chi connectivity index (χ0v) is 14.5. The van der Waals surface area contributed by atoms with E-state index in [2.05, 4.69) is 15.5 Å². The van der Waals surface area contributed by atoms with Gasteiger partial charge in [0, 0.05) is 18.1 Å². The zero-order chi connectivity index (χ0) is 14.9. The summed E-state index contributed by atoms with van der Waals surface area (Å²) in [5, 5.41) is 7.33. The van der Waals surface area contributed by atoms with E-state index in [9.17, 15) is 4.79 Å². The topological polar surface area (TPSA) is 44.4 Å². The molecule has 122 valence electrons. The van der Waals surface area contributed by atoms with Gasteiger partial charge in [-0.15, -0.1) is 12.4 Å². The second kappa shape index (κ2) is 7.37. The van der Waals surface area contributed by atoms with Crippen molar-refractivity contribution >= 4 is 47.2 Å². The summed E-state index contributed by atoms with van der Waals surface area (Å²) < 4.78 is 0. The van der Waals surface area contributed by atoms with Crippen molar-refractivity contribution in [3.05, 3.63) is 28.2 Å². The predicted molar refractivity (Wildman–Crippen MR) is 93.3 cm³/mol. The van der Waals surface area contributed by atoms with E-state index in [1.807, 2.05) is 0 Å². The molecule has 1 atom stereocenters. The largest absolute Gasteiger partial charge is 0.324 e. The highest BCUT2D eigenvalue weighted by atomic mass is 35.5. The van der Waals surface area contributed by atoms with Gasteiger partial charge in [0.15, 0.2) is 0 Å². The van der Waals surface area contributed by atoms with E-state index in [0.29, 0.717) is 27.7 Å². The van der Waals surface area contributed by atoms with Gasteiger partial charge in [0.05, 0.1) is 17.3 Å². The van der Waals surface area contributed by atoms with Gasteiger partial charge in [0.1, 0.15) is 0 Å². The van der Waals surface area contributed by atoms with Gasteiger partial charge in [0.2, 0.25) is 5.91 Å². The Morgan fingerprint density at radius 2 is 2.18 bits per heavy atom. The number of benzene rings is 1. The Morgan fingerprint density at radius 1 is 1.36 bits per heavy atom. The molecular formula is C15H20Cl3N3O. The highest BCUT2D eigenvalue weighted by Crippen LogP contribution is 2.35. The van der Waals surface area contributed by atoms with Crippen LogP contribution in [0.3, 0.4) is 0 Å². The maximum atomic E-state index is 12.2. The molecule has 1 spiro atoms. The molecule has 1 aromatic carbocycles. The first-order chi connectivity index (χ1) is 10.1. The number of anilines is 1. The van der Waals surface area contributed by atoms with E-state index in [0.717, 1.165) is 26.2 Å². The minimum atomic E-state index is -0.0397. The van der Waals surface area contributed by atoms with Gasteiger partial charge >= 0.3 is 0 Å². The number of nitrogens with zero attached hydrogens (tertiary/aromatic N) is 1. The van der Waals surface area contributed by atoms with Crippen LogP contribution < -0.4 is 10.6 Å². The molecule has 3 rings (SSSR count). The van der Waals surface area contributed by atoms with Crippen LogP contribution in [0.15, 0.2) is 18.2 Å². The molecule has 1 unspecified atom stereocenters. The summed E-state index contributed by atoms with van der Waals surface area (Å²) in [7, 11) is 0. The Hall–Kier alpha value is -0.520.